The van der Waals surface area contributed by atoms with Crippen molar-refractivity contribution in [3.63, 3.8) is 0 Å². The summed E-state index contributed by atoms with van der Waals surface area (Å²) >= 11 is 7.44. The molecule has 1 amide bonds. The number of para-hydroxylation sites is 1. The van der Waals surface area contributed by atoms with Gasteiger partial charge in [0.25, 0.3) is 5.91 Å². The van der Waals surface area contributed by atoms with Gasteiger partial charge in [-0.2, -0.15) is 0 Å². The molecule has 0 saturated carbocycles. The fraction of sp³-hybridized carbons (Fsp3) is 0.143. The van der Waals surface area contributed by atoms with Crippen molar-refractivity contribution in [2.45, 2.75) is 6.42 Å². The minimum atomic E-state index is -0.159. The van der Waals surface area contributed by atoms with Crippen molar-refractivity contribution in [3.8, 4) is 11.5 Å². The molecule has 7 heteroatoms. The summed E-state index contributed by atoms with van der Waals surface area (Å²) in [4.78, 5) is 19.2. The number of hydrogen-bond acceptors (Lipinski definition) is 5. The highest BCUT2D eigenvalue weighted by Crippen LogP contribution is 2.37. The Bertz CT molecular complexity index is 1000. The number of nitrogens with zero attached hydrogens (tertiary/aromatic N) is 2. The van der Waals surface area contributed by atoms with Gasteiger partial charge in [0, 0.05) is 12.6 Å². The van der Waals surface area contributed by atoms with Gasteiger partial charge in [-0.1, -0.05) is 29.8 Å². The number of methoxy groups -OCH3 is 1. The summed E-state index contributed by atoms with van der Waals surface area (Å²) < 4.78 is 5.24. The number of aromatic hydroxyl groups is 1. The van der Waals surface area contributed by atoms with Gasteiger partial charge >= 0.3 is 0 Å². The summed E-state index contributed by atoms with van der Waals surface area (Å²) in [5, 5.41) is 11.3. The van der Waals surface area contributed by atoms with Crippen LogP contribution in [0, 0.1) is 0 Å². The fourth-order valence-corrected chi connectivity index (χ4v) is 3.85. The predicted octanol–water partition coefficient (Wildman–Crippen LogP) is 5.02. The first-order valence-corrected chi connectivity index (χ1v) is 9.65. The lowest BCUT2D eigenvalue weighted by Gasteiger charge is -2.09. The molecule has 2 aromatic rings. The fourth-order valence-electron chi connectivity index (χ4n) is 2.69. The smallest absolute Gasteiger partial charge is 0.266 e. The third-order valence-electron chi connectivity index (χ3n) is 4.13. The number of thioether (sulfide) groups is 1. The van der Waals surface area contributed by atoms with Crippen molar-refractivity contribution in [1.82, 2.24) is 4.90 Å². The molecule has 2 aromatic carbocycles. The Hall–Kier alpha value is -2.70. The normalized spacial score (nSPS) is 16.8. The SMILES string of the molecule is C=CCc1cc(/C=C2/SC(=Nc3ccccc3Cl)N(C)C2=O)cc(OC)c1O. The van der Waals surface area contributed by atoms with Gasteiger partial charge in [-0.15, -0.1) is 6.58 Å². The van der Waals surface area contributed by atoms with Crippen LogP contribution in [0.5, 0.6) is 11.5 Å². The van der Waals surface area contributed by atoms with Crippen LogP contribution in [-0.2, 0) is 11.2 Å². The van der Waals surface area contributed by atoms with E-state index in [9.17, 15) is 9.90 Å². The van der Waals surface area contributed by atoms with Crippen molar-refractivity contribution in [1.29, 1.82) is 0 Å². The Morgan fingerprint density at radius 2 is 2.11 bits per heavy atom. The third-order valence-corrected chi connectivity index (χ3v) is 5.51. The zero-order chi connectivity index (χ0) is 20.3. The molecular formula is C21H19ClN2O3S. The minimum absolute atomic E-state index is 0.0769. The second-order valence-corrected chi connectivity index (χ2v) is 7.46. The lowest BCUT2D eigenvalue weighted by atomic mass is 10.1. The van der Waals surface area contributed by atoms with E-state index >= 15 is 0 Å². The molecule has 0 unspecified atom stereocenters. The summed E-state index contributed by atoms with van der Waals surface area (Å²) in [6.07, 6.45) is 3.94. The Labute approximate surface area is 173 Å². The lowest BCUT2D eigenvalue weighted by Crippen LogP contribution is -2.23. The Balaban J connectivity index is 1.97. The van der Waals surface area contributed by atoms with E-state index in [0.717, 1.165) is 5.56 Å². The molecule has 1 saturated heterocycles. The third kappa shape index (κ3) is 4.08. The van der Waals surface area contributed by atoms with E-state index in [1.54, 1.807) is 37.4 Å². The topological polar surface area (TPSA) is 62.1 Å². The summed E-state index contributed by atoms with van der Waals surface area (Å²) in [6, 6.07) is 10.7. The van der Waals surface area contributed by atoms with Gasteiger partial charge in [-0.05, 0) is 54.1 Å². The van der Waals surface area contributed by atoms with Crippen molar-refractivity contribution in [2.24, 2.45) is 4.99 Å². The van der Waals surface area contributed by atoms with Crippen molar-refractivity contribution >= 4 is 46.2 Å². The number of amidine groups is 1. The molecule has 1 N–H and O–H groups in total. The molecule has 5 nitrogen and oxygen atoms in total. The van der Waals surface area contributed by atoms with E-state index in [2.05, 4.69) is 11.6 Å². The van der Waals surface area contributed by atoms with Gasteiger partial charge in [0.05, 0.1) is 22.7 Å². The standard InChI is InChI=1S/C21H19ClN2O3S/c1-4-7-14-10-13(11-17(27-3)19(14)25)12-18-20(26)24(2)21(28-18)23-16-9-6-5-8-15(16)22/h4-6,8-12,25H,1,7H2,2-3H3/b18-12+,23-21?. The van der Waals surface area contributed by atoms with Crippen LogP contribution in [0.25, 0.3) is 6.08 Å². The molecule has 1 heterocycles. The summed E-state index contributed by atoms with van der Waals surface area (Å²) in [7, 11) is 3.16. The van der Waals surface area contributed by atoms with Gasteiger partial charge in [0.2, 0.25) is 0 Å². The summed E-state index contributed by atoms with van der Waals surface area (Å²) in [5.41, 5.74) is 2.02. The monoisotopic (exact) mass is 414 g/mol. The molecule has 0 spiro atoms. The van der Waals surface area contributed by atoms with E-state index in [1.807, 2.05) is 18.2 Å². The van der Waals surface area contributed by atoms with Crippen LogP contribution in [0.4, 0.5) is 5.69 Å². The molecule has 0 aromatic heterocycles. The Kier molecular flexibility index (Phi) is 6.11. The van der Waals surface area contributed by atoms with Crippen molar-refractivity contribution in [3.05, 3.63) is 70.1 Å². The highest BCUT2D eigenvalue weighted by Gasteiger charge is 2.30. The van der Waals surface area contributed by atoms with Crippen LogP contribution in [0.15, 0.2) is 59.0 Å². The molecule has 0 aliphatic carbocycles. The number of amides is 1. The molecule has 1 aliphatic rings. The number of hydrogen-bond donors (Lipinski definition) is 1. The lowest BCUT2D eigenvalue weighted by molar-refractivity contribution is -0.121. The van der Waals surface area contributed by atoms with Crippen LogP contribution in [0.1, 0.15) is 11.1 Å². The zero-order valence-electron chi connectivity index (χ0n) is 15.5. The van der Waals surface area contributed by atoms with Gasteiger partial charge < -0.3 is 9.84 Å². The van der Waals surface area contributed by atoms with Crippen molar-refractivity contribution in [2.75, 3.05) is 14.2 Å². The van der Waals surface area contributed by atoms with E-state index in [1.165, 1.54) is 23.8 Å². The molecule has 0 radical (unpaired) electrons. The maximum atomic E-state index is 12.7. The second kappa shape index (κ2) is 8.54. The van der Waals surface area contributed by atoms with E-state index in [-0.39, 0.29) is 11.7 Å². The Morgan fingerprint density at radius 1 is 1.36 bits per heavy atom. The average molecular weight is 415 g/mol. The highest BCUT2D eigenvalue weighted by molar-refractivity contribution is 8.18. The molecule has 1 aliphatic heterocycles. The second-order valence-electron chi connectivity index (χ2n) is 6.04. The van der Waals surface area contributed by atoms with Gasteiger partial charge in [0.1, 0.15) is 0 Å². The number of carbonyl (C=O) groups is 1. The molecule has 144 valence electrons. The molecule has 1 fully saturated rings. The van der Waals surface area contributed by atoms with Crippen LogP contribution < -0.4 is 4.74 Å². The quantitative estimate of drug-likeness (QED) is 0.551. The number of carbonyl (C=O) groups excluding carboxylic acids is 1. The minimum Gasteiger partial charge on any atom is -0.504 e. The van der Waals surface area contributed by atoms with E-state index < -0.39 is 0 Å². The maximum absolute atomic E-state index is 12.7. The number of rotatable bonds is 5. The number of phenols is 1. The number of ether oxygens (including phenoxy) is 1. The van der Waals surface area contributed by atoms with Crippen molar-refractivity contribution < 1.29 is 14.6 Å². The van der Waals surface area contributed by atoms with Crippen LogP contribution in [0.2, 0.25) is 5.02 Å². The van der Waals surface area contributed by atoms with E-state index in [4.69, 9.17) is 16.3 Å². The number of phenolic OH excluding ortho intramolecular Hbond substituents is 1. The number of allylic oxidation sites excluding steroid dienone is 1. The Morgan fingerprint density at radius 3 is 2.79 bits per heavy atom. The molecule has 0 atom stereocenters. The van der Waals surface area contributed by atoms with Crippen LogP contribution in [-0.4, -0.2) is 35.2 Å². The van der Waals surface area contributed by atoms with Gasteiger partial charge in [-0.25, -0.2) is 4.99 Å². The summed E-state index contributed by atoms with van der Waals surface area (Å²) in [5.74, 6) is 0.265. The van der Waals surface area contributed by atoms with Crippen LogP contribution in [0.3, 0.4) is 0 Å². The van der Waals surface area contributed by atoms with Gasteiger partial charge in [0.15, 0.2) is 16.7 Å². The van der Waals surface area contributed by atoms with Gasteiger partial charge in [-0.3, -0.25) is 9.69 Å². The largest absolute Gasteiger partial charge is 0.504 e. The number of likely N-dealkylation sites (N-methyl/N-ethyl adjacent to an activating group) is 1. The zero-order valence-corrected chi connectivity index (χ0v) is 17.0. The van der Waals surface area contributed by atoms with E-state index in [0.29, 0.717) is 38.5 Å². The predicted molar refractivity (Wildman–Crippen MR) is 115 cm³/mol. The first-order chi connectivity index (χ1) is 13.4. The molecule has 3 rings (SSSR count). The highest BCUT2D eigenvalue weighted by atomic mass is 35.5. The van der Waals surface area contributed by atoms with Crippen LogP contribution >= 0.6 is 23.4 Å². The summed E-state index contributed by atoms with van der Waals surface area (Å²) in [6.45, 7) is 3.71. The number of halogens is 1. The average Bonchev–Trinajstić information content (AvgIpc) is 2.94. The first-order valence-electron chi connectivity index (χ1n) is 8.46. The number of aliphatic imine (C=N–C) groups is 1. The maximum Gasteiger partial charge on any atom is 0.266 e. The molecule has 0 bridgehead atoms. The molecular weight excluding hydrogens is 396 g/mol. The number of benzene rings is 2. The first kappa shape index (κ1) is 20.0. The molecule has 28 heavy (non-hydrogen) atoms.